The molecular weight excluding hydrogens is 376 g/mol. The lowest BCUT2D eigenvalue weighted by Gasteiger charge is -2.41. The van der Waals surface area contributed by atoms with E-state index in [9.17, 15) is 0 Å². The molecule has 2 saturated carbocycles. The zero-order valence-electron chi connectivity index (χ0n) is 20.1. The van der Waals surface area contributed by atoms with E-state index in [2.05, 4.69) is 27.7 Å². The van der Waals surface area contributed by atoms with Gasteiger partial charge in [-0.2, -0.15) is 0 Å². The van der Waals surface area contributed by atoms with Crippen LogP contribution in [-0.2, 0) is 18.9 Å². The van der Waals surface area contributed by atoms with Gasteiger partial charge in [-0.3, -0.25) is 0 Å². The lowest BCUT2D eigenvalue weighted by Crippen LogP contribution is -2.37. The molecule has 2 saturated heterocycles. The summed E-state index contributed by atoms with van der Waals surface area (Å²) in [5.41, 5.74) is 1.22. The van der Waals surface area contributed by atoms with Crippen LogP contribution in [0, 0.1) is 10.8 Å². The summed E-state index contributed by atoms with van der Waals surface area (Å²) in [6.45, 7) is 11.1. The van der Waals surface area contributed by atoms with Gasteiger partial charge in [-0.1, -0.05) is 27.7 Å². The van der Waals surface area contributed by atoms with Crippen molar-refractivity contribution in [2.75, 3.05) is 13.2 Å². The van der Waals surface area contributed by atoms with Crippen molar-refractivity contribution in [3.63, 3.8) is 0 Å². The van der Waals surface area contributed by atoms with E-state index >= 15 is 0 Å². The molecule has 0 amide bonds. The Bertz CT molecular complexity index is 499. The average Bonchev–Trinajstić information content (AvgIpc) is 3.29. The lowest BCUT2D eigenvalue weighted by atomic mass is 9.70. The predicted octanol–water partition coefficient (Wildman–Crippen LogP) is 6.75. The summed E-state index contributed by atoms with van der Waals surface area (Å²) < 4.78 is 24.9. The molecule has 0 aromatic rings. The minimum absolute atomic E-state index is 0.0145. The number of hydrogen-bond acceptors (Lipinski definition) is 4. The maximum atomic E-state index is 6.38. The third-order valence-corrected chi connectivity index (χ3v) is 8.61. The molecule has 2 aliphatic heterocycles. The fraction of sp³-hybridized carbons (Fsp3) is 1.00. The normalized spacial score (nSPS) is 34.0. The second kappa shape index (κ2) is 9.00. The largest absolute Gasteiger partial charge is 0.353 e. The zero-order valence-corrected chi connectivity index (χ0v) is 20.1. The summed E-state index contributed by atoms with van der Waals surface area (Å²) >= 11 is 0. The zero-order chi connectivity index (χ0) is 21.3. The van der Waals surface area contributed by atoms with Crippen LogP contribution < -0.4 is 0 Å². The first kappa shape index (κ1) is 23.0. The molecule has 2 aliphatic carbocycles. The molecule has 0 bridgehead atoms. The van der Waals surface area contributed by atoms with Gasteiger partial charge in [0.25, 0.3) is 0 Å². The first-order valence-electron chi connectivity index (χ1n) is 12.8. The summed E-state index contributed by atoms with van der Waals surface area (Å²) in [6.07, 6.45) is 16.5. The fourth-order valence-corrected chi connectivity index (χ4v) is 5.92. The van der Waals surface area contributed by atoms with Gasteiger partial charge in [-0.15, -0.1) is 0 Å². The Morgan fingerprint density at radius 3 is 1.30 bits per heavy atom. The van der Waals surface area contributed by atoms with Crippen LogP contribution in [0.25, 0.3) is 0 Å². The van der Waals surface area contributed by atoms with Gasteiger partial charge in [-0.25, -0.2) is 0 Å². The summed E-state index contributed by atoms with van der Waals surface area (Å²) in [4.78, 5) is 0. The molecule has 2 heterocycles. The smallest absolute Gasteiger partial charge is 0.158 e. The molecule has 2 unspecified atom stereocenters. The summed E-state index contributed by atoms with van der Waals surface area (Å²) in [6, 6.07) is 0. The standard InChI is InChI=1S/C26H46O4/c1-23(2)11-15-25(16-12-23)9-7-21(29-25)27-19-5-6-20-28-22-8-10-26(30-22)17-13-24(3,4)14-18-26/h21-22H,5-20H2,1-4H3. The van der Waals surface area contributed by atoms with E-state index in [0.29, 0.717) is 10.8 Å². The van der Waals surface area contributed by atoms with Crippen molar-refractivity contribution in [3.05, 3.63) is 0 Å². The Morgan fingerprint density at radius 1 is 0.567 bits per heavy atom. The molecule has 0 aromatic heterocycles. The summed E-state index contributed by atoms with van der Waals surface area (Å²) in [5, 5.41) is 0. The molecule has 2 spiro atoms. The molecular formula is C26H46O4. The van der Waals surface area contributed by atoms with Crippen LogP contribution in [0.4, 0.5) is 0 Å². The Labute approximate surface area is 184 Å². The maximum Gasteiger partial charge on any atom is 0.158 e. The van der Waals surface area contributed by atoms with E-state index in [0.717, 1.165) is 38.9 Å². The molecule has 4 heteroatoms. The van der Waals surface area contributed by atoms with Crippen molar-refractivity contribution in [3.8, 4) is 0 Å². The molecule has 4 nitrogen and oxygen atoms in total. The minimum Gasteiger partial charge on any atom is -0.353 e. The monoisotopic (exact) mass is 422 g/mol. The van der Waals surface area contributed by atoms with Crippen molar-refractivity contribution in [1.82, 2.24) is 0 Å². The highest BCUT2D eigenvalue weighted by atomic mass is 16.7. The van der Waals surface area contributed by atoms with E-state index in [1.807, 2.05) is 0 Å². The van der Waals surface area contributed by atoms with Crippen molar-refractivity contribution >= 4 is 0 Å². The van der Waals surface area contributed by atoms with Gasteiger partial charge in [0.05, 0.1) is 11.2 Å². The molecule has 30 heavy (non-hydrogen) atoms. The Hall–Kier alpha value is -0.160. The first-order valence-corrected chi connectivity index (χ1v) is 12.8. The van der Waals surface area contributed by atoms with Crippen molar-refractivity contribution in [2.45, 2.75) is 141 Å². The number of rotatable bonds is 7. The number of ether oxygens (including phenoxy) is 4. The van der Waals surface area contributed by atoms with Crippen LogP contribution >= 0.6 is 0 Å². The van der Waals surface area contributed by atoms with Gasteiger partial charge in [0.1, 0.15) is 0 Å². The van der Waals surface area contributed by atoms with E-state index in [1.54, 1.807) is 0 Å². The number of hydrogen-bond donors (Lipinski definition) is 0. The summed E-state index contributed by atoms with van der Waals surface area (Å²) in [5.74, 6) is 0. The minimum atomic E-state index is 0.0145. The molecule has 0 aromatic carbocycles. The van der Waals surface area contributed by atoms with E-state index in [1.165, 1.54) is 64.2 Å². The maximum absolute atomic E-state index is 6.38. The first-order chi connectivity index (χ1) is 14.2. The highest BCUT2D eigenvalue weighted by molar-refractivity contribution is 4.95. The highest BCUT2D eigenvalue weighted by Crippen LogP contribution is 2.49. The van der Waals surface area contributed by atoms with Gasteiger partial charge in [-0.05, 0) is 87.9 Å². The van der Waals surface area contributed by atoms with Crippen LogP contribution in [0.5, 0.6) is 0 Å². The Balaban J connectivity index is 1.05. The number of unbranched alkanes of at least 4 members (excludes halogenated alkanes) is 1. The lowest BCUT2D eigenvalue weighted by molar-refractivity contribution is -0.188. The van der Waals surface area contributed by atoms with Crippen molar-refractivity contribution in [2.24, 2.45) is 10.8 Å². The van der Waals surface area contributed by atoms with E-state index < -0.39 is 0 Å². The van der Waals surface area contributed by atoms with Crippen LogP contribution in [0.1, 0.15) is 118 Å². The van der Waals surface area contributed by atoms with Gasteiger partial charge >= 0.3 is 0 Å². The van der Waals surface area contributed by atoms with Gasteiger partial charge < -0.3 is 18.9 Å². The van der Waals surface area contributed by atoms with Crippen LogP contribution in [-0.4, -0.2) is 37.0 Å². The Morgan fingerprint density at radius 2 is 0.933 bits per heavy atom. The predicted molar refractivity (Wildman–Crippen MR) is 119 cm³/mol. The highest BCUT2D eigenvalue weighted by Gasteiger charge is 2.46. The van der Waals surface area contributed by atoms with Crippen molar-refractivity contribution in [1.29, 1.82) is 0 Å². The van der Waals surface area contributed by atoms with Crippen LogP contribution in [0.15, 0.2) is 0 Å². The Kier molecular flexibility index (Phi) is 6.90. The van der Waals surface area contributed by atoms with Crippen LogP contribution in [0.3, 0.4) is 0 Å². The molecule has 0 radical (unpaired) electrons. The SMILES string of the molecule is CC1(C)CCC2(CCC(OCCCCOC3CCC4(CCC(C)(C)CC4)O3)O2)CC1. The molecule has 0 N–H and O–H groups in total. The van der Waals surface area contributed by atoms with E-state index in [-0.39, 0.29) is 23.8 Å². The second-order valence-corrected chi connectivity index (χ2v) is 12.3. The molecule has 2 atom stereocenters. The van der Waals surface area contributed by atoms with Crippen molar-refractivity contribution < 1.29 is 18.9 Å². The second-order valence-electron chi connectivity index (χ2n) is 12.3. The van der Waals surface area contributed by atoms with Gasteiger partial charge in [0, 0.05) is 26.1 Å². The molecule has 4 rings (SSSR count). The fourth-order valence-electron chi connectivity index (χ4n) is 5.92. The molecule has 4 aliphatic rings. The third-order valence-electron chi connectivity index (χ3n) is 8.61. The van der Waals surface area contributed by atoms with Gasteiger partial charge in [0.2, 0.25) is 0 Å². The third kappa shape index (κ3) is 5.79. The van der Waals surface area contributed by atoms with E-state index in [4.69, 9.17) is 18.9 Å². The topological polar surface area (TPSA) is 36.9 Å². The summed E-state index contributed by atoms with van der Waals surface area (Å²) in [7, 11) is 0. The molecule has 174 valence electrons. The van der Waals surface area contributed by atoms with Gasteiger partial charge in [0.15, 0.2) is 12.6 Å². The molecule has 4 fully saturated rings. The quantitative estimate of drug-likeness (QED) is 0.425. The average molecular weight is 423 g/mol. The van der Waals surface area contributed by atoms with Crippen LogP contribution in [0.2, 0.25) is 0 Å².